The molecule has 0 saturated heterocycles. The summed E-state index contributed by atoms with van der Waals surface area (Å²) >= 11 is 0. The molecule has 1 aromatic carbocycles. The molecule has 2 heterocycles. The first kappa shape index (κ1) is 16.9. The number of amides is 1. The van der Waals surface area contributed by atoms with Gasteiger partial charge in [0.1, 0.15) is 5.69 Å². The molecule has 0 bridgehead atoms. The maximum Gasteiger partial charge on any atom is 0.268 e. The van der Waals surface area contributed by atoms with E-state index >= 15 is 0 Å². The van der Waals surface area contributed by atoms with Gasteiger partial charge < -0.3 is 15.2 Å². The fraction of sp³-hybridized carbons (Fsp3) is 0.200. The molecule has 0 aliphatic heterocycles. The lowest BCUT2D eigenvalue weighted by molar-refractivity contribution is 0.0938. The van der Waals surface area contributed by atoms with Gasteiger partial charge in [-0.25, -0.2) is 0 Å². The molecule has 5 nitrogen and oxygen atoms in total. The quantitative estimate of drug-likeness (QED) is 0.728. The molecule has 0 aliphatic rings. The van der Waals surface area contributed by atoms with E-state index in [2.05, 4.69) is 44.5 Å². The molecule has 1 unspecified atom stereocenters. The van der Waals surface area contributed by atoms with Crippen molar-refractivity contribution < 1.29 is 4.79 Å². The normalized spacial score (nSPS) is 12.1. The van der Waals surface area contributed by atoms with Gasteiger partial charge in [-0.3, -0.25) is 9.78 Å². The topological polar surface area (TPSA) is 61.0 Å². The number of carbonyl (C=O) groups excluding carboxylic acids is 1. The van der Waals surface area contributed by atoms with Crippen molar-refractivity contribution in [2.24, 2.45) is 0 Å². The van der Waals surface area contributed by atoms with Crippen LogP contribution in [-0.4, -0.2) is 34.9 Å². The number of rotatable bonds is 6. The molecular weight excluding hydrogens is 312 g/mol. The molecule has 3 aromatic rings. The number of benzene rings is 1. The van der Waals surface area contributed by atoms with Crippen LogP contribution in [0.25, 0.3) is 0 Å². The highest BCUT2D eigenvalue weighted by atomic mass is 16.1. The Hall–Kier alpha value is -2.92. The standard InChI is InChI=1S/C20H22N4O/c1-24(2)14-15-5-7-16(8-6-15)19(17-9-12-21-13-10-17)23-20(25)18-4-3-11-22-18/h3-13,19,22H,14H2,1-2H3,(H,23,25). The number of aromatic amines is 1. The highest BCUT2D eigenvalue weighted by Gasteiger charge is 2.18. The van der Waals surface area contributed by atoms with E-state index in [1.807, 2.05) is 32.3 Å². The molecule has 128 valence electrons. The van der Waals surface area contributed by atoms with E-state index in [9.17, 15) is 4.79 Å². The fourth-order valence-corrected chi connectivity index (χ4v) is 2.78. The summed E-state index contributed by atoms with van der Waals surface area (Å²) in [6, 6.07) is 15.5. The molecule has 1 atom stereocenters. The molecule has 0 aliphatic carbocycles. The van der Waals surface area contributed by atoms with Gasteiger partial charge in [0.25, 0.3) is 5.91 Å². The second-order valence-electron chi connectivity index (χ2n) is 6.25. The lowest BCUT2D eigenvalue weighted by Crippen LogP contribution is -2.29. The summed E-state index contributed by atoms with van der Waals surface area (Å²) in [6.07, 6.45) is 5.22. The van der Waals surface area contributed by atoms with Gasteiger partial charge in [0.2, 0.25) is 0 Å². The summed E-state index contributed by atoms with van der Waals surface area (Å²) in [4.78, 5) is 21.7. The molecule has 0 radical (unpaired) electrons. The lowest BCUT2D eigenvalue weighted by atomic mass is 9.98. The van der Waals surface area contributed by atoms with Crippen LogP contribution < -0.4 is 5.32 Å². The van der Waals surface area contributed by atoms with Crippen molar-refractivity contribution >= 4 is 5.91 Å². The predicted octanol–water partition coefficient (Wildman–Crippen LogP) is 2.99. The number of nitrogens with one attached hydrogen (secondary N) is 2. The Bertz CT molecular complexity index is 795. The molecule has 2 N–H and O–H groups in total. The van der Waals surface area contributed by atoms with Gasteiger partial charge in [-0.2, -0.15) is 0 Å². The Kier molecular flexibility index (Phi) is 5.26. The molecule has 0 saturated carbocycles. The molecule has 0 fully saturated rings. The third kappa shape index (κ3) is 4.33. The molecular formula is C20H22N4O. The summed E-state index contributed by atoms with van der Waals surface area (Å²) in [6.45, 7) is 0.884. The Morgan fingerprint density at radius 3 is 2.36 bits per heavy atom. The summed E-state index contributed by atoms with van der Waals surface area (Å²) in [5.41, 5.74) is 3.81. The Morgan fingerprint density at radius 2 is 1.76 bits per heavy atom. The third-order valence-electron chi connectivity index (χ3n) is 3.97. The van der Waals surface area contributed by atoms with E-state index < -0.39 is 0 Å². The van der Waals surface area contributed by atoms with Gasteiger partial charge >= 0.3 is 0 Å². The van der Waals surface area contributed by atoms with Crippen LogP contribution in [0, 0.1) is 0 Å². The summed E-state index contributed by atoms with van der Waals surface area (Å²) in [5, 5.41) is 3.10. The monoisotopic (exact) mass is 334 g/mol. The van der Waals surface area contributed by atoms with E-state index in [4.69, 9.17) is 0 Å². The summed E-state index contributed by atoms with van der Waals surface area (Å²) < 4.78 is 0. The average Bonchev–Trinajstić information content (AvgIpc) is 3.15. The molecule has 25 heavy (non-hydrogen) atoms. The van der Waals surface area contributed by atoms with Gasteiger partial charge in [-0.05, 0) is 55.1 Å². The number of H-pyrrole nitrogens is 1. The second kappa shape index (κ2) is 7.77. The van der Waals surface area contributed by atoms with E-state index in [1.54, 1.807) is 24.7 Å². The van der Waals surface area contributed by atoms with Crippen molar-refractivity contribution in [1.29, 1.82) is 0 Å². The first-order chi connectivity index (χ1) is 12.1. The van der Waals surface area contributed by atoms with Gasteiger partial charge in [0.15, 0.2) is 0 Å². The average molecular weight is 334 g/mol. The van der Waals surface area contributed by atoms with Crippen LogP contribution in [0.1, 0.15) is 33.2 Å². The number of aromatic nitrogens is 2. The zero-order valence-corrected chi connectivity index (χ0v) is 14.4. The molecule has 2 aromatic heterocycles. The largest absolute Gasteiger partial charge is 0.357 e. The molecule has 0 spiro atoms. The smallest absolute Gasteiger partial charge is 0.268 e. The third-order valence-corrected chi connectivity index (χ3v) is 3.97. The van der Waals surface area contributed by atoms with Gasteiger partial charge in [0, 0.05) is 25.1 Å². The van der Waals surface area contributed by atoms with Crippen molar-refractivity contribution in [3.05, 3.63) is 89.5 Å². The molecule has 3 rings (SSSR count). The van der Waals surface area contributed by atoms with Crippen LogP contribution in [0.3, 0.4) is 0 Å². The molecule has 5 heteroatoms. The zero-order chi connectivity index (χ0) is 17.6. The first-order valence-corrected chi connectivity index (χ1v) is 8.21. The zero-order valence-electron chi connectivity index (χ0n) is 14.4. The SMILES string of the molecule is CN(C)Cc1ccc(C(NC(=O)c2ccc[nH]2)c2ccncc2)cc1. The van der Waals surface area contributed by atoms with Crippen molar-refractivity contribution in [3.8, 4) is 0 Å². The summed E-state index contributed by atoms with van der Waals surface area (Å²) in [5.74, 6) is -0.135. The minimum absolute atomic E-state index is 0.135. The highest BCUT2D eigenvalue weighted by molar-refractivity contribution is 5.92. The van der Waals surface area contributed by atoms with E-state index in [-0.39, 0.29) is 11.9 Å². The Morgan fingerprint density at radius 1 is 1.08 bits per heavy atom. The van der Waals surface area contributed by atoms with Crippen LogP contribution >= 0.6 is 0 Å². The van der Waals surface area contributed by atoms with E-state index in [1.165, 1.54) is 5.56 Å². The van der Waals surface area contributed by atoms with Crippen LogP contribution in [0.2, 0.25) is 0 Å². The number of nitrogens with zero attached hydrogens (tertiary/aromatic N) is 2. The van der Waals surface area contributed by atoms with E-state index in [0.29, 0.717) is 5.69 Å². The number of hydrogen-bond acceptors (Lipinski definition) is 3. The Balaban J connectivity index is 1.87. The van der Waals surface area contributed by atoms with Crippen LogP contribution in [0.4, 0.5) is 0 Å². The lowest BCUT2D eigenvalue weighted by Gasteiger charge is -2.20. The van der Waals surface area contributed by atoms with Crippen LogP contribution in [0.15, 0.2) is 67.1 Å². The number of pyridine rings is 1. The number of hydrogen-bond donors (Lipinski definition) is 2. The van der Waals surface area contributed by atoms with Gasteiger partial charge in [-0.15, -0.1) is 0 Å². The van der Waals surface area contributed by atoms with Crippen LogP contribution in [-0.2, 0) is 6.54 Å². The predicted molar refractivity (Wildman–Crippen MR) is 98.2 cm³/mol. The van der Waals surface area contributed by atoms with Gasteiger partial charge in [0.05, 0.1) is 6.04 Å². The van der Waals surface area contributed by atoms with Gasteiger partial charge in [-0.1, -0.05) is 24.3 Å². The van der Waals surface area contributed by atoms with Crippen molar-refractivity contribution in [1.82, 2.24) is 20.2 Å². The van der Waals surface area contributed by atoms with Crippen LogP contribution in [0.5, 0.6) is 0 Å². The van der Waals surface area contributed by atoms with Crippen molar-refractivity contribution in [3.63, 3.8) is 0 Å². The maximum absolute atomic E-state index is 12.5. The second-order valence-corrected chi connectivity index (χ2v) is 6.25. The Labute approximate surface area is 147 Å². The number of carbonyl (C=O) groups is 1. The van der Waals surface area contributed by atoms with E-state index in [0.717, 1.165) is 17.7 Å². The van der Waals surface area contributed by atoms with Crippen molar-refractivity contribution in [2.45, 2.75) is 12.6 Å². The summed E-state index contributed by atoms with van der Waals surface area (Å²) in [7, 11) is 4.09. The highest BCUT2D eigenvalue weighted by Crippen LogP contribution is 2.23. The molecule has 1 amide bonds. The minimum Gasteiger partial charge on any atom is -0.357 e. The maximum atomic E-state index is 12.5. The minimum atomic E-state index is -0.229. The first-order valence-electron chi connectivity index (χ1n) is 8.21. The fourth-order valence-electron chi connectivity index (χ4n) is 2.78. The van der Waals surface area contributed by atoms with Crippen molar-refractivity contribution in [2.75, 3.05) is 14.1 Å².